The van der Waals surface area contributed by atoms with Crippen molar-refractivity contribution in [2.45, 2.75) is 129 Å². The van der Waals surface area contributed by atoms with Crippen LogP contribution in [-0.4, -0.2) is 73.2 Å². The molecule has 5 N–H and O–H groups in total. The number of guanidine groups is 1. The lowest BCUT2D eigenvalue weighted by atomic mass is 9.43. The number of hydrogen-bond acceptors (Lipinski definition) is 9. The van der Waals surface area contributed by atoms with Gasteiger partial charge in [-0.3, -0.25) is 19.8 Å². The topological polar surface area (TPSA) is 194 Å². The fraction of sp³-hybridized carbons (Fsp3) is 0.867. The Kier molecular flexibility index (Phi) is 13.0. The summed E-state index contributed by atoms with van der Waals surface area (Å²) in [6.07, 6.45) is 6.74. The van der Waals surface area contributed by atoms with Gasteiger partial charge in [-0.05, 0) is 75.0 Å². The Hall–Kier alpha value is -2.94. The lowest BCUT2D eigenvalue weighted by Crippen LogP contribution is -2.65. The number of hydrazine groups is 1. The minimum absolute atomic E-state index is 0.0249. The Morgan fingerprint density at radius 3 is 2.38 bits per heavy atom. The Balaban J connectivity index is 1.61. The number of ether oxygens (including phenoxy) is 1. The van der Waals surface area contributed by atoms with Crippen LogP contribution in [-0.2, 0) is 28.4 Å². The molecule has 15 heteroatoms. The number of nitro groups is 1. The van der Waals surface area contributed by atoms with Gasteiger partial charge < -0.3 is 30.0 Å². The second-order valence-electron chi connectivity index (χ2n) is 14.0. The smallest absolute Gasteiger partial charge is 0.469 e. The fourth-order valence-corrected chi connectivity index (χ4v) is 7.30. The number of nitrogens with one attached hydrogen (secondary N) is 5. The molecule has 3 saturated carbocycles. The normalized spacial score (nSPS) is 25.8. The quantitative estimate of drug-likeness (QED) is 0.0284. The van der Waals surface area contributed by atoms with Gasteiger partial charge >= 0.3 is 13.1 Å². The van der Waals surface area contributed by atoms with Crippen molar-refractivity contribution in [3.05, 3.63) is 10.1 Å². The zero-order valence-electron chi connectivity index (χ0n) is 27.7. The summed E-state index contributed by atoms with van der Waals surface area (Å²) in [7, 11) is 0.759. The summed E-state index contributed by atoms with van der Waals surface area (Å²) in [5.41, 5.74) is 1.51. The Labute approximate surface area is 267 Å². The van der Waals surface area contributed by atoms with Gasteiger partial charge in [-0.25, -0.2) is 10.1 Å². The van der Waals surface area contributed by atoms with E-state index < -0.39 is 35.7 Å². The maximum atomic E-state index is 13.7. The number of esters is 1. The van der Waals surface area contributed by atoms with Gasteiger partial charge in [-0.2, -0.15) is 0 Å². The van der Waals surface area contributed by atoms with E-state index in [0.29, 0.717) is 43.9 Å². The van der Waals surface area contributed by atoms with Gasteiger partial charge in [0.25, 0.3) is 5.96 Å². The van der Waals surface area contributed by atoms with Crippen LogP contribution in [0.15, 0.2) is 0 Å². The lowest BCUT2D eigenvalue weighted by molar-refractivity contribution is -0.525. The predicted octanol–water partition coefficient (Wildman–Crippen LogP) is 2.87. The van der Waals surface area contributed by atoms with E-state index in [2.05, 4.69) is 55.3 Å². The monoisotopic (exact) mass is 636 g/mol. The Bertz CT molecular complexity index is 1080. The van der Waals surface area contributed by atoms with E-state index in [9.17, 15) is 24.5 Å². The van der Waals surface area contributed by atoms with Crippen molar-refractivity contribution >= 4 is 30.9 Å². The predicted molar refractivity (Wildman–Crippen MR) is 168 cm³/mol. The number of carbonyl (C=O) groups excluding carboxylic acids is 3. The highest BCUT2D eigenvalue weighted by Crippen LogP contribution is 2.65. The minimum atomic E-state index is -0.850. The summed E-state index contributed by atoms with van der Waals surface area (Å²) in [5, 5.41) is 25.9. The molecule has 2 amide bonds. The summed E-state index contributed by atoms with van der Waals surface area (Å²) in [4.78, 5) is 48.5. The van der Waals surface area contributed by atoms with E-state index in [-0.39, 0.29) is 54.6 Å². The second kappa shape index (κ2) is 16.1. The third kappa shape index (κ3) is 9.78. The summed E-state index contributed by atoms with van der Waals surface area (Å²) in [6, 6.07) is -0.850. The van der Waals surface area contributed by atoms with Crippen LogP contribution >= 0.6 is 0 Å². The molecule has 2 bridgehead atoms. The van der Waals surface area contributed by atoms with Gasteiger partial charge in [0.2, 0.25) is 11.8 Å². The molecule has 0 spiro atoms. The number of rotatable bonds is 18. The first-order chi connectivity index (χ1) is 21.2. The molecular weight excluding hydrogens is 583 g/mol. The van der Waals surface area contributed by atoms with E-state index in [1.54, 1.807) is 5.43 Å². The lowest BCUT2D eigenvalue weighted by Gasteiger charge is -2.64. The first-order valence-corrected chi connectivity index (χ1v) is 16.4. The van der Waals surface area contributed by atoms with Crippen LogP contribution in [0.25, 0.3) is 0 Å². The molecule has 0 aromatic carbocycles. The third-order valence-electron chi connectivity index (χ3n) is 9.94. The Morgan fingerprint density at radius 1 is 1.07 bits per heavy atom. The van der Waals surface area contributed by atoms with E-state index >= 15 is 0 Å². The molecular formula is C30H53BN6O8. The van der Waals surface area contributed by atoms with Crippen molar-refractivity contribution in [3.8, 4) is 0 Å². The van der Waals surface area contributed by atoms with Crippen LogP contribution in [0.1, 0.15) is 105 Å². The van der Waals surface area contributed by atoms with Crippen LogP contribution in [0.4, 0.5) is 0 Å². The summed E-state index contributed by atoms with van der Waals surface area (Å²) >= 11 is 0. The molecule has 4 aliphatic rings. The highest BCUT2D eigenvalue weighted by atomic mass is 16.7. The second-order valence-corrected chi connectivity index (χ2v) is 14.0. The van der Waals surface area contributed by atoms with E-state index in [4.69, 9.17) is 14.7 Å². The number of methoxy groups -OCH3 is 1. The molecule has 3 aliphatic carbocycles. The fourth-order valence-electron chi connectivity index (χ4n) is 7.30. The van der Waals surface area contributed by atoms with Crippen molar-refractivity contribution in [1.82, 2.24) is 21.4 Å². The van der Waals surface area contributed by atoms with Crippen molar-refractivity contribution in [3.63, 3.8) is 0 Å². The highest BCUT2D eigenvalue weighted by molar-refractivity contribution is 6.48. The molecule has 1 saturated heterocycles. The molecule has 0 aromatic rings. The van der Waals surface area contributed by atoms with Gasteiger partial charge in [0, 0.05) is 19.4 Å². The summed E-state index contributed by atoms with van der Waals surface area (Å²) < 4.78 is 17.8. The van der Waals surface area contributed by atoms with Crippen molar-refractivity contribution < 1.29 is 33.5 Å². The molecule has 6 atom stereocenters. The maximum Gasteiger partial charge on any atom is 0.481 e. The first kappa shape index (κ1) is 36.5. The van der Waals surface area contributed by atoms with Crippen LogP contribution in [0, 0.1) is 38.7 Å². The van der Waals surface area contributed by atoms with Crippen LogP contribution in [0.3, 0.4) is 0 Å². The number of carbonyl (C=O) groups is 3. The SMILES string of the molecule is COC(=O)CCCCCCC(=O)N[C@@H](CCCNC(=N)N[N+](=O)[O-])C(=O)N[C@@H](CC(C)C)B1O[C@@H]2C[C@@H]3C[C@@H](C3(C)C)[C@]2(C)O1. The average molecular weight is 637 g/mol. The van der Waals surface area contributed by atoms with E-state index in [1.165, 1.54) is 7.11 Å². The summed E-state index contributed by atoms with van der Waals surface area (Å²) in [6.45, 7) is 11.1. The molecule has 4 rings (SSSR count). The largest absolute Gasteiger partial charge is 0.481 e. The number of nitrogens with zero attached hydrogens (tertiary/aromatic N) is 1. The first-order valence-electron chi connectivity index (χ1n) is 16.4. The molecule has 14 nitrogen and oxygen atoms in total. The standard InChI is InChI=1S/C30H53BN6O8/c1-19(2)16-24(31-44-23-18-20-17-22(29(20,3)4)30(23,5)45-31)35-27(40)21(12-11-15-33-28(32)36-37(41)42)34-25(38)13-9-7-8-10-14-26(39)43-6/h19-24H,7-18H2,1-6H3,(H,34,38)(H,35,40)(H3,32,33,36)/t20-,21-,22-,23+,24-,30-/m0/s1. The molecule has 1 aliphatic heterocycles. The van der Waals surface area contributed by atoms with Gasteiger partial charge in [0.1, 0.15) is 6.04 Å². The van der Waals surface area contributed by atoms with Gasteiger partial charge in [0.15, 0.2) is 5.03 Å². The van der Waals surface area contributed by atoms with Crippen LogP contribution in [0.5, 0.6) is 0 Å². The van der Waals surface area contributed by atoms with Gasteiger partial charge in [0.05, 0.1) is 24.8 Å². The van der Waals surface area contributed by atoms with E-state index in [0.717, 1.165) is 25.7 Å². The van der Waals surface area contributed by atoms with Crippen LogP contribution in [0.2, 0.25) is 0 Å². The summed E-state index contributed by atoms with van der Waals surface area (Å²) in [5.74, 6) is -0.485. The average Bonchev–Trinajstić information content (AvgIpc) is 3.32. The highest BCUT2D eigenvalue weighted by Gasteiger charge is 2.68. The molecule has 254 valence electrons. The number of amides is 2. The molecule has 4 fully saturated rings. The maximum absolute atomic E-state index is 13.7. The van der Waals surface area contributed by atoms with E-state index in [1.807, 2.05) is 0 Å². The molecule has 0 unspecified atom stereocenters. The molecule has 45 heavy (non-hydrogen) atoms. The Morgan fingerprint density at radius 2 is 1.76 bits per heavy atom. The number of hydrogen-bond donors (Lipinski definition) is 5. The van der Waals surface area contributed by atoms with Crippen molar-refractivity contribution in [2.24, 2.45) is 23.2 Å². The molecule has 0 aromatic heterocycles. The van der Waals surface area contributed by atoms with Gasteiger partial charge in [-0.1, -0.05) is 46.0 Å². The van der Waals surface area contributed by atoms with Crippen molar-refractivity contribution in [1.29, 1.82) is 5.41 Å². The number of unbranched alkanes of at least 4 members (excludes halogenated alkanes) is 3. The zero-order valence-corrected chi connectivity index (χ0v) is 27.7. The van der Waals surface area contributed by atoms with Crippen molar-refractivity contribution in [2.75, 3.05) is 13.7 Å². The van der Waals surface area contributed by atoms with Crippen LogP contribution < -0.4 is 21.4 Å². The minimum Gasteiger partial charge on any atom is -0.469 e. The van der Waals surface area contributed by atoms with Gasteiger partial charge in [-0.15, -0.1) is 0 Å². The molecule has 0 radical (unpaired) electrons. The third-order valence-corrected chi connectivity index (χ3v) is 9.94. The zero-order chi connectivity index (χ0) is 33.4. The molecule has 1 heterocycles.